The van der Waals surface area contributed by atoms with Crippen molar-refractivity contribution in [1.82, 2.24) is 15.2 Å². The van der Waals surface area contributed by atoms with Gasteiger partial charge in [0.15, 0.2) is 5.82 Å². The summed E-state index contributed by atoms with van der Waals surface area (Å²) < 4.78 is 5.30. The fourth-order valence-corrected chi connectivity index (χ4v) is 2.53. The number of aromatic nitrogens is 3. The van der Waals surface area contributed by atoms with Crippen LogP contribution in [-0.2, 0) is 0 Å². The van der Waals surface area contributed by atoms with Crippen molar-refractivity contribution in [2.75, 3.05) is 17.7 Å². The maximum absolute atomic E-state index is 6.04. The molecule has 3 aromatic rings. The van der Waals surface area contributed by atoms with E-state index in [1.165, 1.54) is 6.20 Å². The monoisotopic (exact) mass is 375 g/mol. The summed E-state index contributed by atoms with van der Waals surface area (Å²) in [7, 11) is 1.58. The maximum Gasteiger partial charge on any atom is 0.249 e. The SMILES string of the molecule is COc1ccc(Cl)cc1Nc1nncc(Nc2cc(Cl)ccc2C)n1. The van der Waals surface area contributed by atoms with E-state index in [0.29, 0.717) is 33.2 Å². The van der Waals surface area contributed by atoms with Crippen LogP contribution in [0.4, 0.5) is 23.1 Å². The number of hydrogen-bond donors (Lipinski definition) is 2. The first-order valence-corrected chi connectivity index (χ1v) is 8.14. The number of methoxy groups -OCH3 is 1. The van der Waals surface area contributed by atoms with Crippen molar-refractivity contribution in [3.05, 3.63) is 58.2 Å². The molecule has 0 aliphatic carbocycles. The van der Waals surface area contributed by atoms with Crippen molar-refractivity contribution in [2.24, 2.45) is 0 Å². The zero-order valence-corrected chi connectivity index (χ0v) is 15.1. The maximum atomic E-state index is 6.04. The van der Waals surface area contributed by atoms with Gasteiger partial charge in [0, 0.05) is 15.7 Å². The fraction of sp³-hybridized carbons (Fsp3) is 0.118. The van der Waals surface area contributed by atoms with Gasteiger partial charge in [0.25, 0.3) is 0 Å². The first kappa shape index (κ1) is 17.3. The minimum Gasteiger partial charge on any atom is -0.495 e. The molecule has 0 atom stereocenters. The van der Waals surface area contributed by atoms with E-state index in [1.54, 1.807) is 25.3 Å². The Bertz CT molecular complexity index is 904. The van der Waals surface area contributed by atoms with Crippen molar-refractivity contribution < 1.29 is 4.74 Å². The molecule has 0 saturated carbocycles. The lowest BCUT2D eigenvalue weighted by Gasteiger charge is -2.12. The summed E-state index contributed by atoms with van der Waals surface area (Å²) in [6.45, 7) is 1.98. The van der Waals surface area contributed by atoms with Crippen LogP contribution >= 0.6 is 23.2 Å². The van der Waals surface area contributed by atoms with Crippen LogP contribution in [0.2, 0.25) is 10.0 Å². The molecule has 0 amide bonds. The molecule has 0 aliphatic heterocycles. The van der Waals surface area contributed by atoms with Crippen molar-refractivity contribution in [1.29, 1.82) is 0 Å². The molecule has 25 heavy (non-hydrogen) atoms. The van der Waals surface area contributed by atoms with Crippen LogP contribution in [-0.4, -0.2) is 22.3 Å². The Morgan fingerprint density at radius 1 is 0.960 bits per heavy atom. The average Bonchev–Trinajstić information content (AvgIpc) is 2.59. The first-order chi connectivity index (χ1) is 12.0. The predicted octanol–water partition coefficient (Wildman–Crippen LogP) is 4.98. The standard InChI is InChI=1S/C17H15Cl2N5O/c1-10-3-4-11(18)7-13(10)21-16-9-20-24-17(23-16)22-14-8-12(19)5-6-15(14)25-2/h3-9H,1-2H3,(H2,21,22,23,24). The number of anilines is 4. The number of rotatable bonds is 5. The molecule has 0 saturated heterocycles. The quantitative estimate of drug-likeness (QED) is 0.654. The molecular weight excluding hydrogens is 361 g/mol. The second-order valence-electron chi connectivity index (χ2n) is 5.22. The van der Waals surface area contributed by atoms with Gasteiger partial charge in [-0.05, 0) is 42.8 Å². The van der Waals surface area contributed by atoms with Crippen LogP contribution < -0.4 is 15.4 Å². The highest BCUT2D eigenvalue weighted by atomic mass is 35.5. The second kappa shape index (κ2) is 7.55. The van der Waals surface area contributed by atoms with E-state index in [2.05, 4.69) is 25.8 Å². The van der Waals surface area contributed by atoms with E-state index in [4.69, 9.17) is 27.9 Å². The summed E-state index contributed by atoms with van der Waals surface area (Å²) in [5, 5.41) is 15.4. The van der Waals surface area contributed by atoms with Gasteiger partial charge in [-0.1, -0.05) is 29.3 Å². The van der Waals surface area contributed by atoms with Gasteiger partial charge in [0.2, 0.25) is 5.95 Å². The van der Waals surface area contributed by atoms with Gasteiger partial charge >= 0.3 is 0 Å². The predicted molar refractivity (Wildman–Crippen MR) is 101 cm³/mol. The Kier molecular flexibility index (Phi) is 5.21. The van der Waals surface area contributed by atoms with E-state index in [-0.39, 0.29) is 0 Å². The number of nitrogens with zero attached hydrogens (tertiary/aromatic N) is 3. The summed E-state index contributed by atoms with van der Waals surface area (Å²) in [5.41, 5.74) is 2.53. The van der Waals surface area contributed by atoms with Crippen molar-refractivity contribution >= 4 is 46.3 Å². The third-order valence-corrected chi connectivity index (χ3v) is 3.90. The number of benzene rings is 2. The molecule has 3 rings (SSSR count). The lowest BCUT2D eigenvalue weighted by molar-refractivity contribution is 0.417. The largest absolute Gasteiger partial charge is 0.495 e. The molecule has 8 heteroatoms. The normalized spacial score (nSPS) is 10.4. The van der Waals surface area contributed by atoms with Gasteiger partial charge in [-0.3, -0.25) is 0 Å². The molecule has 1 heterocycles. The molecule has 0 bridgehead atoms. The molecule has 2 N–H and O–H groups in total. The molecule has 0 unspecified atom stereocenters. The molecule has 0 spiro atoms. The van der Waals surface area contributed by atoms with Crippen molar-refractivity contribution in [3.63, 3.8) is 0 Å². The Balaban J connectivity index is 1.85. The Labute approximate surface area is 155 Å². The van der Waals surface area contributed by atoms with Crippen LogP contribution in [0.25, 0.3) is 0 Å². The topological polar surface area (TPSA) is 72.0 Å². The Morgan fingerprint density at radius 3 is 2.44 bits per heavy atom. The zero-order chi connectivity index (χ0) is 17.8. The molecule has 2 aromatic carbocycles. The third kappa shape index (κ3) is 4.29. The molecule has 0 aliphatic rings. The molecule has 1 aromatic heterocycles. The average molecular weight is 376 g/mol. The molecular formula is C17H15Cl2N5O. The Hall–Kier alpha value is -2.57. The van der Waals surface area contributed by atoms with Crippen LogP contribution in [0, 0.1) is 6.92 Å². The minimum atomic E-state index is 0.310. The molecule has 0 fully saturated rings. The number of nitrogens with one attached hydrogen (secondary N) is 2. The molecule has 6 nitrogen and oxygen atoms in total. The summed E-state index contributed by atoms with van der Waals surface area (Å²) in [5.74, 6) is 1.46. The van der Waals surface area contributed by atoms with E-state index < -0.39 is 0 Å². The number of aryl methyl sites for hydroxylation is 1. The van der Waals surface area contributed by atoms with Crippen LogP contribution in [0.15, 0.2) is 42.6 Å². The van der Waals surface area contributed by atoms with Gasteiger partial charge in [-0.15, -0.1) is 5.10 Å². The second-order valence-corrected chi connectivity index (χ2v) is 6.09. The van der Waals surface area contributed by atoms with Crippen LogP contribution in [0.5, 0.6) is 5.75 Å². The highest BCUT2D eigenvalue weighted by Gasteiger charge is 2.08. The van der Waals surface area contributed by atoms with E-state index in [1.807, 2.05) is 25.1 Å². The van der Waals surface area contributed by atoms with Gasteiger partial charge in [0.1, 0.15) is 5.75 Å². The van der Waals surface area contributed by atoms with E-state index in [0.717, 1.165) is 11.3 Å². The van der Waals surface area contributed by atoms with Crippen LogP contribution in [0.1, 0.15) is 5.56 Å². The third-order valence-electron chi connectivity index (χ3n) is 3.43. The van der Waals surface area contributed by atoms with Gasteiger partial charge in [0.05, 0.1) is 19.0 Å². The number of ether oxygens (including phenoxy) is 1. The Morgan fingerprint density at radius 2 is 1.68 bits per heavy atom. The minimum absolute atomic E-state index is 0.310. The van der Waals surface area contributed by atoms with Crippen molar-refractivity contribution in [2.45, 2.75) is 6.92 Å². The lowest BCUT2D eigenvalue weighted by atomic mass is 10.2. The number of hydrogen-bond acceptors (Lipinski definition) is 6. The lowest BCUT2D eigenvalue weighted by Crippen LogP contribution is -2.04. The molecule has 128 valence electrons. The van der Waals surface area contributed by atoms with Gasteiger partial charge in [-0.25, -0.2) is 0 Å². The highest BCUT2D eigenvalue weighted by Crippen LogP contribution is 2.30. The summed E-state index contributed by atoms with van der Waals surface area (Å²) in [6, 6.07) is 10.8. The zero-order valence-electron chi connectivity index (χ0n) is 13.5. The van der Waals surface area contributed by atoms with Crippen LogP contribution in [0.3, 0.4) is 0 Å². The summed E-state index contributed by atoms with van der Waals surface area (Å²) >= 11 is 12.1. The van der Waals surface area contributed by atoms with Gasteiger partial charge < -0.3 is 15.4 Å². The van der Waals surface area contributed by atoms with E-state index in [9.17, 15) is 0 Å². The highest BCUT2D eigenvalue weighted by molar-refractivity contribution is 6.31. The van der Waals surface area contributed by atoms with E-state index >= 15 is 0 Å². The molecule has 0 radical (unpaired) electrons. The smallest absolute Gasteiger partial charge is 0.249 e. The van der Waals surface area contributed by atoms with Gasteiger partial charge in [-0.2, -0.15) is 10.1 Å². The number of halogens is 2. The fourth-order valence-electron chi connectivity index (χ4n) is 2.18. The summed E-state index contributed by atoms with van der Waals surface area (Å²) in [4.78, 5) is 4.40. The first-order valence-electron chi connectivity index (χ1n) is 7.38. The summed E-state index contributed by atoms with van der Waals surface area (Å²) in [6.07, 6.45) is 1.53. The van der Waals surface area contributed by atoms with Crippen molar-refractivity contribution in [3.8, 4) is 5.75 Å².